The molecule has 1 unspecified atom stereocenters. The summed E-state index contributed by atoms with van der Waals surface area (Å²) in [6.45, 7) is 9.43. The molecule has 138 valence electrons. The predicted octanol–water partition coefficient (Wildman–Crippen LogP) is 3.74. The van der Waals surface area contributed by atoms with E-state index in [1.54, 1.807) is 0 Å². The molecule has 0 saturated carbocycles. The zero-order valence-electron chi connectivity index (χ0n) is 15.7. The Hall–Kier alpha value is -1.75. The average Bonchev–Trinajstić information content (AvgIpc) is 3.24. The molecule has 2 fully saturated rings. The molecule has 1 aromatic carbocycles. The van der Waals surface area contributed by atoms with Crippen molar-refractivity contribution >= 4 is 0 Å². The van der Waals surface area contributed by atoms with Crippen molar-refractivity contribution in [2.75, 3.05) is 39.4 Å². The summed E-state index contributed by atoms with van der Waals surface area (Å²) < 4.78 is 5.42. The van der Waals surface area contributed by atoms with Gasteiger partial charge in [-0.25, -0.2) is 0 Å². The Bertz CT molecular complexity index is 704. The van der Waals surface area contributed by atoms with Gasteiger partial charge in [0.05, 0.1) is 18.9 Å². The van der Waals surface area contributed by atoms with Crippen LogP contribution in [0.1, 0.15) is 36.9 Å². The monoisotopic (exact) mass is 351 g/mol. The van der Waals surface area contributed by atoms with Crippen LogP contribution in [0.2, 0.25) is 0 Å². The Balaban J connectivity index is 1.45. The van der Waals surface area contributed by atoms with Gasteiger partial charge in [-0.2, -0.15) is 0 Å². The topological polar surface area (TPSA) is 28.6 Å². The fraction of sp³-hybridized carbons (Fsp3) is 0.500. The second kappa shape index (κ2) is 8.30. The average molecular weight is 351 g/mol. The second-order valence-corrected chi connectivity index (χ2v) is 7.48. The van der Waals surface area contributed by atoms with Gasteiger partial charge in [0.25, 0.3) is 0 Å². The summed E-state index contributed by atoms with van der Waals surface area (Å²) in [5.41, 5.74) is 4.94. The SMILES string of the molecule is CC(c1cccc(-c2ccc(CN3CCOCC3)cn2)c1)N1CCCC1. The van der Waals surface area contributed by atoms with E-state index in [9.17, 15) is 0 Å². The fourth-order valence-corrected chi connectivity index (χ4v) is 4.00. The number of benzene rings is 1. The third-order valence-corrected chi connectivity index (χ3v) is 5.69. The molecule has 1 aromatic heterocycles. The van der Waals surface area contributed by atoms with Crippen LogP contribution in [-0.2, 0) is 11.3 Å². The maximum absolute atomic E-state index is 5.42. The van der Waals surface area contributed by atoms with Crippen LogP contribution in [0, 0.1) is 0 Å². The third-order valence-electron chi connectivity index (χ3n) is 5.69. The van der Waals surface area contributed by atoms with Gasteiger partial charge in [-0.1, -0.05) is 24.3 Å². The number of hydrogen-bond donors (Lipinski definition) is 0. The lowest BCUT2D eigenvalue weighted by molar-refractivity contribution is 0.0341. The summed E-state index contributed by atoms with van der Waals surface area (Å²) in [4.78, 5) is 9.75. The summed E-state index contributed by atoms with van der Waals surface area (Å²) in [5, 5.41) is 0. The van der Waals surface area contributed by atoms with E-state index >= 15 is 0 Å². The molecular formula is C22H29N3O. The maximum atomic E-state index is 5.42. The van der Waals surface area contributed by atoms with E-state index in [1.807, 2.05) is 6.20 Å². The molecule has 0 N–H and O–H groups in total. The first kappa shape index (κ1) is 17.7. The summed E-state index contributed by atoms with van der Waals surface area (Å²) in [7, 11) is 0. The zero-order valence-corrected chi connectivity index (χ0v) is 15.7. The van der Waals surface area contributed by atoms with Crippen LogP contribution < -0.4 is 0 Å². The van der Waals surface area contributed by atoms with Crippen molar-refractivity contribution in [1.82, 2.24) is 14.8 Å². The molecule has 0 amide bonds. The zero-order chi connectivity index (χ0) is 17.8. The van der Waals surface area contributed by atoms with Gasteiger partial charge in [0.2, 0.25) is 0 Å². The number of likely N-dealkylation sites (tertiary alicyclic amines) is 1. The van der Waals surface area contributed by atoms with Crippen LogP contribution in [0.4, 0.5) is 0 Å². The Morgan fingerprint density at radius 3 is 2.58 bits per heavy atom. The fourth-order valence-electron chi connectivity index (χ4n) is 4.00. The van der Waals surface area contributed by atoms with Crippen LogP contribution in [0.5, 0.6) is 0 Å². The van der Waals surface area contributed by atoms with Crippen molar-refractivity contribution in [1.29, 1.82) is 0 Å². The van der Waals surface area contributed by atoms with Gasteiger partial charge in [-0.3, -0.25) is 14.8 Å². The van der Waals surface area contributed by atoms with E-state index in [0.29, 0.717) is 6.04 Å². The minimum absolute atomic E-state index is 0.484. The van der Waals surface area contributed by atoms with Gasteiger partial charge < -0.3 is 4.74 Å². The number of nitrogens with zero attached hydrogens (tertiary/aromatic N) is 3. The first-order valence-electron chi connectivity index (χ1n) is 9.89. The highest BCUT2D eigenvalue weighted by Crippen LogP contribution is 2.27. The van der Waals surface area contributed by atoms with Gasteiger partial charge in [-0.15, -0.1) is 0 Å². The normalized spacial score (nSPS) is 20.3. The first-order valence-corrected chi connectivity index (χ1v) is 9.89. The standard InChI is InChI=1S/C22H29N3O/c1-18(25-9-2-3-10-25)20-5-4-6-21(15-20)22-8-7-19(16-23-22)17-24-11-13-26-14-12-24/h4-8,15-16,18H,2-3,9-14,17H2,1H3. The number of rotatable bonds is 5. The number of morpholine rings is 1. The summed E-state index contributed by atoms with van der Waals surface area (Å²) in [5.74, 6) is 0. The van der Waals surface area contributed by atoms with Gasteiger partial charge in [-0.05, 0) is 56.1 Å². The Kier molecular flexibility index (Phi) is 5.63. The molecule has 0 bridgehead atoms. The molecule has 1 atom stereocenters. The molecule has 4 heteroatoms. The van der Waals surface area contributed by atoms with Gasteiger partial charge >= 0.3 is 0 Å². The first-order chi connectivity index (χ1) is 12.8. The predicted molar refractivity (Wildman–Crippen MR) is 105 cm³/mol. The highest BCUT2D eigenvalue weighted by molar-refractivity contribution is 5.60. The highest BCUT2D eigenvalue weighted by atomic mass is 16.5. The molecule has 0 radical (unpaired) electrons. The lowest BCUT2D eigenvalue weighted by atomic mass is 10.0. The lowest BCUT2D eigenvalue weighted by Gasteiger charge is -2.26. The molecule has 4 rings (SSSR count). The minimum Gasteiger partial charge on any atom is -0.379 e. The molecule has 2 aliphatic heterocycles. The Labute approximate surface area is 156 Å². The maximum Gasteiger partial charge on any atom is 0.0702 e. The molecular weight excluding hydrogens is 322 g/mol. The van der Waals surface area contributed by atoms with E-state index in [2.05, 4.69) is 53.1 Å². The largest absolute Gasteiger partial charge is 0.379 e. The quantitative estimate of drug-likeness (QED) is 0.820. The van der Waals surface area contributed by atoms with Crippen molar-refractivity contribution in [2.45, 2.75) is 32.4 Å². The molecule has 3 heterocycles. The Morgan fingerprint density at radius 1 is 1.04 bits per heavy atom. The Morgan fingerprint density at radius 2 is 1.85 bits per heavy atom. The van der Waals surface area contributed by atoms with Crippen molar-refractivity contribution in [3.63, 3.8) is 0 Å². The van der Waals surface area contributed by atoms with Gasteiger partial charge in [0, 0.05) is 37.4 Å². The molecule has 2 saturated heterocycles. The summed E-state index contributed by atoms with van der Waals surface area (Å²) in [6, 6.07) is 13.8. The van der Waals surface area contributed by atoms with E-state index in [4.69, 9.17) is 9.72 Å². The van der Waals surface area contributed by atoms with E-state index in [-0.39, 0.29) is 0 Å². The van der Waals surface area contributed by atoms with Gasteiger partial charge in [0.15, 0.2) is 0 Å². The molecule has 2 aromatic rings. The molecule has 2 aliphatic rings. The number of ether oxygens (including phenoxy) is 1. The molecule has 0 aliphatic carbocycles. The molecule has 0 spiro atoms. The summed E-state index contributed by atoms with van der Waals surface area (Å²) in [6.07, 6.45) is 4.69. The number of aromatic nitrogens is 1. The van der Waals surface area contributed by atoms with Crippen LogP contribution in [0.25, 0.3) is 11.3 Å². The van der Waals surface area contributed by atoms with Crippen LogP contribution in [0.3, 0.4) is 0 Å². The third kappa shape index (κ3) is 4.14. The molecule has 26 heavy (non-hydrogen) atoms. The van der Waals surface area contributed by atoms with Gasteiger partial charge in [0.1, 0.15) is 0 Å². The number of hydrogen-bond acceptors (Lipinski definition) is 4. The van der Waals surface area contributed by atoms with Crippen molar-refractivity contribution in [3.8, 4) is 11.3 Å². The molecule has 4 nitrogen and oxygen atoms in total. The van der Waals surface area contributed by atoms with Crippen molar-refractivity contribution in [3.05, 3.63) is 53.7 Å². The van der Waals surface area contributed by atoms with Crippen molar-refractivity contribution < 1.29 is 4.74 Å². The van der Waals surface area contributed by atoms with Crippen LogP contribution in [-0.4, -0.2) is 54.2 Å². The highest BCUT2D eigenvalue weighted by Gasteiger charge is 2.19. The van der Waals surface area contributed by atoms with E-state index in [0.717, 1.165) is 38.5 Å². The second-order valence-electron chi connectivity index (χ2n) is 7.48. The summed E-state index contributed by atoms with van der Waals surface area (Å²) >= 11 is 0. The smallest absolute Gasteiger partial charge is 0.0702 e. The van der Waals surface area contributed by atoms with E-state index < -0.39 is 0 Å². The number of pyridine rings is 1. The van der Waals surface area contributed by atoms with Crippen LogP contribution in [0.15, 0.2) is 42.6 Å². The minimum atomic E-state index is 0.484. The lowest BCUT2D eigenvalue weighted by Crippen LogP contribution is -2.35. The van der Waals surface area contributed by atoms with Crippen molar-refractivity contribution in [2.24, 2.45) is 0 Å². The van der Waals surface area contributed by atoms with E-state index in [1.165, 1.54) is 42.6 Å². The van der Waals surface area contributed by atoms with Crippen LogP contribution >= 0.6 is 0 Å².